The van der Waals surface area contributed by atoms with Crippen LogP contribution in [0.2, 0.25) is 0 Å². The normalized spacial score (nSPS) is 27.9. The fourth-order valence-electron chi connectivity index (χ4n) is 4.87. The zero-order valence-corrected chi connectivity index (χ0v) is 19.3. The van der Waals surface area contributed by atoms with Gasteiger partial charge in [-0.15, -0.1) is 0 Å². The summed E-state index contributed by atoms with van der Waals surface area (Å²) in [7, 11) is 0. The van der Waals surface area contributed by atoms with E-state index in [9.17, 15) is 9.59 Å². The minimum atomic E-state index is -0.557. The fourth-order valence-corrected chi connectivity index (χ4v) is 5.86. The van der Waals surface area contributed by atoms with E-state index in [4.69, 9.17) is 4.74 Å². The molecule has 7 heteroatoms. The number of ether oxygens (including phenoxy) is 1. The number of anilines is 1. The average Bonchev–Trinajstić information content (AvgIpc) is 3.26. The van der Waals surface area contributed by atoms with Crippen molar-refractivity contribution >= 4 is 33.4 Å². The third-order valence-electron chi connectivity index (χ3n) is 6.51. The third kappa shape index (κ3) is 3.39. The molecule has 2 aromatic carbocycles. The lowest BCUT2D eigenvalue weighted by molar-refractivity contribution is -0.159. The summed E-state index contributed by atoms with van der Waals surface area (Å²) in [6.45, 7) is 2.77. The van der Waals surface area contributed by atoms with Gasteiger partial charge in [0.15, 0.2) is 0 Å². The fraction of sp³-hybridized carbons (Fsp3) is 0.360. The van der Waals surface area contributed by atoms with Crippen molar-refractivity contribution in [3.63, 3.8) is 0 Å². The van der Waals surface area contributed by atoms with Crippen LogP contribution < -0.4 is 5.32 Å². The van der Waals surface area contributed by atoms with Crippen molar-refractivity contribution in [1.29, 1.82) is 0 Å². The summed E-state index contributed by atoms with van der Waals surface area (Å²) in [5.74, 6) is 5.87. The smallest absolute Gasteiger partial charge is 0.247 e. The Morgan fingerprint density at radius 3 is 2.66 bits per heavy atom. The molecule has 6 nitrogen and oxygen atoms in total. The maximum absolute atomic E-state index is 13.3. The summed E-state index contributed by atoms with van der Waals surface area (Å²) in [6, 6.07) is 16.9. The predicted molar refractivity (Wildman–Crippen MR) is 125 cm³/mol. The molecule has 164 valence electrons. The molecule has 4 atom stereocenters. The molecule has 0 spiro atoms. The van der Waals surface area contributed by atoms with Gasteiger partial charge in [-0.25, -0.2) is 0 Å². The van der Waals surface area contributed by atoms with Crippen LogP contribution in [0, 0.1) is 11.8 Å². The summed E-state index contributed by atoms with van der Waals surface area (Å²) in [4.78, 5) is 30.0. The minimum Gasteiger partial charge on any atom is -0.364 e. The standard InChI is InChI=1S/C25H24BrN3O3/c1-17-22(30)29-21(15-25(26)19-11-5-6-12-20(19)27-24(25)29)23(31)28(17)13-7-8-14-32-16-18-9-3-2-4-10-18/h2-6,9-12,17,21,24,27H,13-16H2,1H3/t17-,21-,24+,25-/m0/s1. The van der Waals surface area contributed by atoms with Crippen LogP contribution in [0.15, 0.2) is 54.6 Å². The molecular weight excluding hydrogens is 470 g/mol. The average molecular weight is 494 g/mol. The number of nitrogens with zero attached hydrogens (tertiary/aromatic N) is 2. The number of hydrogen-bond acceptors (Lipinski definition) is 4. The van der Waals surface area contributed by atoms with Crippen LogP contribution in [0.1, 0.15) is 24.5 Å². The Bertz CT molecular complexity index is 1110. The molecule has 2 saturated heterocycles. The first-order valence-corrected chi connectivity index (χ1v) is 11.5. The highest BCUT2D eigenvalue weighted by molar-refractivity contribution is 9.09. The molecule has 0 radical (unpaired) electrons. The number of alkyl halides is 1. The summed E-state index contributed by atoms with van der Waals surface area (Å²) >= 11 is 3.89. The highest BCUT2D eigenvalue weighted by Gasteiger charge is 2.62. The van der Waals surface area contributed by atoms with Gasteiger partial charge in [-0.2, -0.15) is 0 Å². The van der Waals surface area contributed by atoms with Crippen molar-refractivity contribution in [2.24, 2.45) is 0 Å². The minimum absolute atomic E-state index is 0.0517. The second kappa shape index (κ2) is 8.27. The first kappa shape index (κ1) is 21.0. The van der Waals surface area contributed by atoms with Crippen molar-refractivity contribution in [1.82, 2.24) is 9.80 Å². The molecule has 2 fully saturated rings. The number of halogens is 1. The Balaban J connectivity index is 1.25. The van der Waals surface area contributed by atoms with Crippen LogP contribution in [0.25, 0.3) is 0 Å². The van der Waals surface area contributed by atoms with Gasteiger partial charge in [0, 0.05) is 12.1 Å². The van der Waals surface area contributed by atoms with Gasteiger partial charge in [0.1, 0.15) is 24.9 Å². The van der Waals surface area contributed by atoms with Crippen LogP contribution in [0.5, 0.6) is 0 Å². The molecule has 2 amide bonds. The van der Waals surface area contributed by atoms with Gasteiger partial charge in [0.05, 0.1) is 17.5 Å². The maximum Gasteiger partial charge on any atom is 0.247 e. The lowest BCUT2D eigenvalue weighted by Crippen LogP contribution is -2.64. The molecule has 1 N–H and O–H groups in total. The van der Waals surface area contributed by atoms with Crippen LogP contribution in [0.3, 0.4) is 0 Å². The third-order valence-corrected chi connectivity index (χ3v) is 7.70. The van der Waals surface area contributed by atoms with Gasteiger partial charge in [-0.3, -0.25) is 9.59 Å². The zero-order valence-electron chi connectivity index (χ0n) is 17.8. The van der Waals surface area contributed by atoms with Crippen LogP contribution >= 0.6 is 15.9 Å². The van der Waals surface area contributed by atoms with Crippen LogP contribution in [0.4, 0.5) is 5.69 Å². The highest BCUT2D eigenvalue weighted by Crippen LogP contribution is 2.55. The summed E-state index contributed by atoms with van der Waals surface area (Å²) in [6.07, 6.45) is 0.256. The lowest BCUT2D eigenvalue weighted by atomic mass is 9.95. The second-order valence-corrected chi connectivity index (χ2v) is 9.81. The molecule has 3 aliphatic rings. The van der Waals surface area contributed by atoms with Crippen LogP contribution in [-0.4, -0.2) is 53.0 Å². The van der Waals surface area contributed by atoms with E-state index in [1.165, 1.54) is 0 Å². The van der Waals surface area contributed by atoms with Crippen molar-refractivity contribution in [2.75, 3.05) is 18.5 Å². The van der Waals surface area contributed by atoms with E-state index >= 15 is 0 Å². The number of nitrogens with one attached hydrogen (secondary N) is 1. The van der Waals surface area contributed by atoms with Crippen molar-refractivity contribution in [2.45, 2.75) is 42.5 Å². The van der Waals surface area contributed by atoms with E-state index < -0.39 is 16.4 Å². The van der Waals surface area contributed by atoms with Gasteiger partial charge in [-0.05, 0) is 24.1 Å². The molecule has 0 saturated carbocycles. The SMILES string of the molecule is C[C@H]1C(=O)N2[C@H]3Nc4ccccc4[C@@]3(Br)C[C@H]2C(=O)N1CC#CCOCc1ccccc1. The van der Waals surface area contributed by atoms with Crippen molar-refractivity contribution in [3.05, 3.63) is 65.7 Å². The highest BCUT2D eigenvalue weighted by atomic mass is 79.9. The molecule has 3 aliphatic heterocycles. The number of carbonyl (C=O) groups is 2. The molecule has 0 aromatic heterocycles. The van der Waals surface area contributed by atoms with Gasteiger partial charge in [0.25, 0.3) is 0 Å². The van der Waals surface area contributed by atoms with E-state index in [0.29, 0.717) is 13.0 Å². The van der Waals surface area contributed by atoms with Gasteiger partial charge in [-0.1, -0.05) is 76.3 Å². The Hall–Kier alpha value is -2.82. The Morgan fingerprint density at radius 2 is 1.84 bits per heavy atom. The van der Waals surface area contributed by atoms with Crippen molar-refractivity contribution < 1.29 is 14.3 Å². The van der Waals surface area contributed by atoms with Crippen molar-refractivity contribution in [3.8, 4) is 11.8 Å². The van der Waals surface area contributed by atoms with E-state index in [2.05, 4.69) is 33.1 Å². The molecule has 0 aliphatic carbocycles. The van der Waals surface area contributed by atoms with Crippen LogP contribution in [-0.2, 0) is 25.3 Å². The zero-order chi connectivity index (χ0) is 22.3. The summed E-state index contributed by atoms with van der Waals surface area (Å²) in [5, 5.41) is 3.45. The topological polar surface area (TPSA) is 61.9 Å². The van der Waals surface area contributed by atoms with Gasteiger partial charge in [0.2, 0.25) is 11.8 Å². The maximum atomic E-state index is 13.3. The van der Waals surface area contributed by atoms with E-state index in [0.717, 1.165) is 16.8 Å². The number of piperazine rings is 1. The number of hydrogen-bond donors (Lipinski definition) is 1. The first-order chi connectivity index (χ1) is 15.5. The molecule has 2 aromatic rings. The van der Waals surface area contributed by atoms with E-state index in [-0.39, 0.29) is 31.1 Å². The largest absolute Gasteiger partial charge is 0.364 e. The molecule has 0 bridgehead atoms. The van der Waals surface area contributed by atoms with E-state index in [1.54, 1.807) is 16.7 Å². The first-order valence-electron chi connectivity index (χ1n) is 10.8. The molecule has 5 rings (SSSR count). The predicted octanol–water partition coefficient (Wildman–Crippen LogP) is 3.08. The van der Waals surface area contributed by atoms with Gasteiger partial charge < -0.3 is 19.9 Å². The molecular formula is C25H24BrN3O3. The van der Waals surface area contributed by atoms with Gasteiger partial charge >= 0.3 is 0 Å². The quantitative estimate of drug-likeness (QED) is 0.403. The monoisotopic (exact) mass is 493 g/mol. The number of para-hydroxylation sites is 1. The number of fused-ring (bicyclic) bond motifs is 5. The number of benzene rings is 2. The van der Waals surface area contributed by atoms with E-state index in [1.807, 2.05) is 54.6 Å². The Morgan fingerprint density at radius 1 is 1.09 bits per heavy atom. The number of rotatable bonds is 4. The molecule has 32 heavy (non-hydrogen) atoms. The Labute approximate surface area is 196 Å². The number of amides is 2. The Kier molecular flexibility index (Phi) is 5.44. The summed E-state index contributed by atoms with van der Waals surface area (Å²) < 4.78 is 5.12. The lowest BCUT2D eigenvalue weighted by Gasteiger charge is -2.42. The molecule has 0 unspecified atom stereocenters. The molecule has 3 heterocycles. The second-order valence-electron chi connectivity index (χ2n) is 8.39. The number of carbonyl (C=O) groups excluding carboxylic acids is 2. The summed E-state index contributed by atoms with van der Waals surface area (Å²) in [5.41, 5.74) is 3.18.